The lowest BCUT2D eigenvalue weighted by atomic mass is 10.0. The van der Waals surface area contributed by atoms with Crippen LogP contribution in [0.1, 0.15) is 12.0 Å². The van der Waals surface area contributed by atoms with E-state index in [1.54, 1.807) is 7.05 Å². The second-order valence-electron chi connectivity index (χ2n) is 6.23. The standard InChI is InChI=1S/C18H24N4O3/c1-19-18(24)16(22-17(23)9-13-11-25-7-6-20-13)8-12-10-21-15-5-3-2-4-14(12)15/h2-5,10,13,16,20-21H,6-9,11H2,1H3,(H,19,24)(H,22,23)/t13?,16-/m0/s1. The molecule has 7 heteroatoms. The number of amides is 2. The molecule has 2 amide bonds. The van der Waals surface area contributed by atoms with Crippen molar-refractivity contribution in [1.29, 1.82) is 0 Å². The predicted molar refractivity (Wildman–Crippen MR) is 95.2 cm³/mol. The molecule has 1 unspecified atom stereocenters. The van der Waals surface area contributed by atoms with Gasteiger partial charge in [0.25, 0.3) is 0 Å². The van der Waals surface area contributed by atoms with Gasteiger partial charge in [-0.05, 0) is 11.6 Å². The average Bonchev–Trinajstić information content (AvgIpc) is 3.04. The number of aromatic nitrogens is 1. The number of morpholine rings is 1. The molecule has 1 aromatic heterocycles. The zero-order chi connectivity index (χ0) is 17.6. The summed E-state index contributed by atoms with van der Waals surface area (Å²) < 4.78 is 5.36. The van der Waals surface area contributed by atoms with Crippen molar-refractivity contribution in [1.82, 2.24) is 20.9 Å². The van der Waals surface area contributed by atoms with Crippen LogP contribution < -0.4 is 16.0 Å². The van der Waals surface area contributed by atoms with Gasteiger partial charge in [0.2, 0.25) is 11.8 Å². The summed E-state index contributed by atoms with van der Waals surface area (Å²) in [6, 6.07) is 7.30. The lowest BCUT2D eigenvalue weighted by Crippen LogP contribution is -2.50. The van der Waals surface area contributed by atoms with Gasteiger partial charge < -0.3 is 25.7 Å². The van der Waals surface area contributed by atoms with Gasteiger partial charge in [-0.1, -0.05) is 18.2 Å². The van der Waals surface area contributed by atoms with Crippen LogP contribution in [0, 0.1) is 0 Å². The Hall–Kier alpha value is -2.38. The minimum atomic E-state index is -0.610. The Bertz CT molecular complexity index is 737. The first-order valence-electron chi connectivity index (χ1n) is 8.54. The van der Waals surface area contributed by atoms with Gasteiger partial charge >= 0.3 is 0 Å². The molecule has 2 aromatic rings. The monoisotopic (exact) mass is 344 g/mol. The van der Waals surface area contributed by atoms with Crippen LogP contribution in [0.5, 0.6) is 0 Å². The molecule has 1 aromatic carbocycles. The highest BCUT2D eigenvalue weighted by Crippen LogP contribution is 2.19. The van der Waals surface area contributed by atoms with Crippen LogP contribution in [0.2, 0.25) is 0 Å². The van der Waals surface area contributed by atoms with Crippen LogP contribution in [0.25, 0.3) is 10.9 Å². The Morgan fingerprint density at radius 1 is 1.36 bits per heavy atom. The SMILES string of the molecule is CNC(=O)[C@H](Cc1c[nH]c2ccccc12)NC(=O)CC1COCCN1. The third kappa shape index (κ3) is 4.37. The first-order chi connectivity index (χ1) is 12.2. The summed E-state index contributed by atoms with van der Waals surface area (Å²) in [6.07, 6.45) is 2.62. The largest absolute Gasteiger partial charge is 0.378 e. The Morgan fingerprint density at radius 2 is 2.20 bits per heavy atom. The maximum Gasteiger partial charge on any atom is 0.242 e. The van der Waals surface area contributed by atoms with Crippen molar-refractivity contribution >= 4 is 22.7 Å². The summed E-state index contributed by atoms with van der Waals surface area (Å²) in [6.45, 7) is 1.92. The van der Waals surface area contributed by atoms with Gasteiger partial charge in [0.1, 0.15) is 6.04 Å². The Kier molecular flexibility index (Phi) is 5.67. The van der Waals surface area contributed by atoms with E-state index in [1.165, 1.54) is 0 Å². The molecule has 1 saturated heterocycles. The zero-order valence-corrected chi connectivity index (χ0v) is 14.3. The number of hydrogen-bond donors (Lipinski definition) is 4. The number of ether oxygens (including phenoxy) is 1. The van der Waals surface area contributed by atoms with Crippen molar-refractivity contribution in [3.8, 4) is 0 Å². The number of nitrogens with one attached hydrogen (secondary N) is 4. The molecule has 0 bridgehead atoms. The molecule has 25 heavy (non-hydrogen) atoms. The fraction of sp³-hybridized carbons (Fsp3) is 0.444. The number of carbonyl (C=O) groups is 2. The normalized spacial score (nSPS) is 18.7. The van der Waals surface area contributed by atoms with E-state index in [4.69, 9.17) is 4.74 Å². The molecule has 4 N–H and O–H groups in total. The lowest BCUT2D eigenvalue weighted by molar-refractivity contribution is -0.129. The van der Waals surface area contributed by atoms with Gasteiger partial charge in [-0.25, -0.2) is 0 Å². The first-order valence-corrected chi connectivity index (χ1v) is 8.54. The number of fused-ring (bicyclic) bond motifs is 1. The van der Waals surface area contributed by atoms with Gasteiger partial charge in [0.05, 0.1) is 13.2 Å². The highest BCUT2D eigenvalue weighted by atomic mass is 16.5. The number of para-hydroxylation sites is 1. The second-order valence-corrected chi connectivity index (χ2v) is 6.23. The zero-order valence-electron chi connectivity index (χ0n) is 14.3. The van der Waals surface area contributed by atoms with Crippen LogP contribution in [-0.2, 0) is 20.7 Å². The van der Waals surface area contributed by atoms with E-state index in [-0.39, 0.29) is 17.9 Å². The van der Waals surface area contributed by atoms with Crippen molar-refractivity contribution < 1.29 is 14.3 Å². The van der Waals surface area contributed by atoms with Gasteiger partial charge in [0, 0.05) is 49.6 Å². The molecular formula is C18H24N4O3. The van der Waals surface area contributed by atoms with E-state index in [9.17, 15) is 9.59 Å². The molecule has 3 rings (SSSR count). The summed E-state index contributed by atoms with van der Waals surface area (Å²) >= 11 is 0. The van der Waals surface area contributed by atoms with E-state index in [0.717, 1.165) is 23.0 Å². The van der Waals surface area contributed by atoms with Crippen molar-refractivity contribution in [2.24, 2.45) is 0 Å². The number of aromatic amines is 1. The molecule has 134 valence electrons. The summed E-state index contributed by atoms with van der Waals surface area (Å²) in [4.78, 5) is 27.8. The number of carbonyl (C=O) groups excluding carboxylic acids is 2. The number of benzene rings is 1. The van der Waals surface area contributed by atoms with Crippen LogP contribution >= 0.6 is 0 Å². The fourth-order valence-electron chi connectivity index (χ4n) is 3.13. The maximum absolute atomic E-state index is 12.3. The van der Waals surface area contributed by atoms with Gasteiger partial charge in [-0.3, -0.25) is 9.59 Å². The van der Waals surface area contributed by atoms with Crippen molar-refractivity contribution in [3.63, 3.8) is 0 Å². The number of rotatable bonds is 6. The van der Waals surface area contributed by atoms with Gasteiger partial charge in [0.15, 0.2) is 0 Å². The smallest absolute Gasteiger partial charge is 0.242 e. The number of H-pyrrole nitrogens is 1. The van der Waals surface area contributed by atoms with E-state index in [1.807, 2.05) is 30.5 Å². The summed E-state index contributed by atoms with van der Waals surface area (Å²) in [7, 11) is 1.58. The van der Waals surface area contributed by atoms with Crippen LogP contribution in [0.4, 0.5) is 0 Å². The Labute approximate surface area is 146 Å². The minimum absolute atomic E-state index is 0.00724. The van der Waals surface area contributed by atoms with Gasteiger partial charge in [-0.15, -0.1) is 0 Å². The first kappa shape index (κ1) is 17.4. The Morgan fingerprint density at radius 3 is 2.96 bits per heavy atom. The van der Waals surface area contributed by atoms with Crippen LogP contribution in [-0.4, -0.2) is 55.7 Å². The van der Waals surface area contributed by atoms with Crippen LogP contribution in [0.15, 0.2) is 30.5 Å². The molecule has 0 spiro atoms. The minimum Gasteiger partial charge on any atom is -0.378 e. The molecule has 1 fully saturated rings. The van der Waals surface area contributed by atoms with Gasteiger partial charge in [-0.2, -0.15) is 0 Å². The summed E-state index contributed by atoms with van der Waals surface area (Å²) in [5.74, 6) is -0.358. The molecule has 7 nitrogen and oxygen atoms in total. The predicted octanol–water partition coefficient (Wildman–Crippen LogP) is 0.320. The third-order valence-corrected chi connectivity index (χ3v) is 4.43. The molecule has 0 saturated carbocycles. The Balaban J connectivity index is 1.67. The van der Waals surface area contributed by atoms with Crippen molar-refractivity contribution in [2.75, 3.05) is 26.8 Å². The number of hydrogen-bond acceptors (Lipinski definition) is 4. The van der Waals surface area contributed by atoms with Crippen molar-refractivity contribution in [2.45, 2.75) is 24.9 Å². The summed E-state index contributed by atoms with van der Waals surface area (Å²) in [5.41, 5.74) is 2.02. The lowest BCUT2D eigenvalue weighted by Gasteiger charge is -2.24. The highest BCUT2D eigenvalue weighted by molar-refractivity contribution is 5.89. The molecule has 1 aliphatic heterocycles. The fourth-order valence-corrected chi connectivity index (χ4v) is 3.13. The molecule has 2 atom stereocenters. The maximum atomic E-state index is 12.3. The number of likely N-dealkylation sites (N-methyl/N-ethyl adjacent to an activating group) is 1. The van der Waals surface area contributed by atoms with Crippen LogP contribution in [0.3, 0.4) is 0 Å². The third-order valence-electron chi connectivity index (χ3n) is 4.43. The second kappa shape index (κ2) is 8.13. The molecule has 1 aliphatic rings. The van der Waals surface area contributed by atoms with E-state index in [2.05, 4.69) is 20.9 Å². The average molecular weight is 344 g/mol. The van der Waals surface area contributed by atoms with E-state index < -0.39 is 6.04 Å². The molecule has 2 heterocycles. The topological polar surface area (TPSA) is 95.3 Å². The van der Waals surface area contributed by atoms with E-state index >= 15 is 0 Å². The quantitative estimate of drug-likeness (QED) is 0.607. The summed E-state index contributed by atoms with van der Waals surface area (Å²) in [5, 5.41) is 9.80. The molecule has 0 radical (unpaired) electrons. The molecular weight excluding hydrogens is 320 g/mol. The highest BCUT2D eigenvalue weighted by Gasteiger charge is 2.24. The molecule has 0 aliphatic carbocycles. The van der Waals surface area contributed by atoms with E-state index in [0.29, 0.717) is 26.1 Å². The van der Waals surface area contributed by atoms with Crippen molar-refractivity contribution in [3.05, 3.63) is 36.0 Å².